The van der Waals surface area contributed by atoms with Crippen LogP contribution in [0, 0.1) is 13.8 Å². The molecule has 0 aromatic heterocycles. The molecule has 0 bridgehead atoms. The molecule has 1 atom stereocenters. The standard InChI is InChI=1S/C16H26N2O/c1-12-9-13(2)15(16(10-12)19-4)11-14(3)18-7-5-17-6-8-18/h9-10,14,17H,5-8,11H2,1-4H3. The molecule has 1 fully saturated rings. The Morgan fingerprint density at radius 2 is 1.95 bits per heavy atom. The summed E-state index contributed by atoms with van der Waals surface area (Å²) in [7, 11) is 1.77. The van der Waals surface area contributed by atoms with Gasteiger partial charge in [0.25, 0.3) is 0 Å². The van der Waals surface area contributed by atoms with Gasteiger partial charge in [0.2, 0.25) is 0 Å². The van der Waals surface area contributed by atoms with E-state index in [1.54, 1.807) is 7.11 Å². The van der Waals surface area contributed by atoms with Gasteiger partial charge in [-0.05, 0) is 49.9 Å². The average molecular weight is 262 g/mol. The van der Waals surface area contributed by atoms with E-state index in [2.05, 4.69) is 43.1 Å². The summed E-state index contributed by atoms with van der Waals surface area (Å²) in [5.74, 6) is 1.04. The normalized spacial score (nSPS) is 18.3. The highest BCUT2D eigenvalue weighted by atomic mass is 16.5. The molecule has 19 heavy (non-hydrogen) atoms. The third-order valence-corrected chi connectivity index (χ3v) is 4.07. The number of nitrogens with zero attached hydrogens (tertiary/aromatic N) is 1. The Labute approximate surface area is 116 Å². The van der Waals surface area contributed by atoms with E-state index < -0.39 is 0 Å². The van der Waals surface area contributed by atoms with Crippen LogP contribution in [0.15, 0.2) is 12.1 Å². The molecule has 0 aliphatic carbocycles. The molecule has 1 heterocycles. The molecule has 0 spiro atoms. The number of hydrogen-bond donors (Lipinski definition) is 1. The van der Waals surface area contributed by atoms with Crippen LogP contribution in [0.2, 0.25) is 0 Å². The van der Waals surface area contributed by atoms with Crippen LogP contribution in [0.1, 0.15) is 23.6 Å². The number of methoxy groups -OCH3 is 1. The lowest BCUT2D eigenvalue weighted by Gasteiger charge is -2.33. The molecular formula is C16H26N2O. The molecule has 0 radical (unpaired) electrons. The Balaban J connectivity index is 2.13. The molecular weight excluding hydrogens is 236 g/mol. The zero-order valence-electron chi connectivity index (χ0n) is 12.6. The minimum atomic E-state index is 0.567. The van der Waals surface area contributed by atoms with Crippen molar-refractivity contribution in [1.82, 2.24) is 10.2 Å². The predicted molar refractivity (Wildman–Crippen MR) is 80.1 cm³/mol. The second kappa shape index (κ2) is 6.40. The lowest BCUT2D eigenvalue weighted by atomic mass is 9.97. The van der Waals surface area contributed by atoms with Gasteiger partial charge in [0, 0.05) is 32.2 Å². The number of hydrogen-bond acceptors (Lipinski definition) is 3. The van der Waals surface area contributed by atoms with Crippen LogP contribution in [-0.2, 0) is 6.42 Å². The highest BCUT2D eigenvalue weighted by Gasteiger charge is 2.19. The van der Waals surface area contributed by atoms with E-state index >= 15 is 0 Å². The van der Waals surface area contributed by atoms with Crippen molar-refractivity contribution in [3.8, 4) is 5.75 Å². The first-order valence-corrected chi connectivity index (χ1v) is 7.20. The first-order chi connectivity index (χ1) is 9.11. The van der Waals surface area contributed by atoms with Gasteiger partial charge in [0.15, 0.2) is 0 Å². The van der Waals surface area contributed by atoms with Crippen LogP contribution in [0.25, 0.3) is 0 Å². The molecule has 1 aliphatic rings. The summed E-state index contributed by atoms with van der Waals surface area (Å²) >= 11 is 0. The van der Waals surface area contributed by atoms with Crippen molar-refractivity contribution < 1.29 is 4.74 Å². The molecule has 3 nitrogen and oxygen atoms in total. The molecule has 0 amide bonds. The molecule has 2 rings (SSSR count). The van der Waals surface area contributed by atoms with Gasteiger partial charge in [0.1, 0.15) is 5.75 Å². The Kier molecular flexibility index (Phi) is 4.83. The summed E-state index contributed by atoms with van der Waals surface area (Å²) in [6.45, 7) is 11.1. The second-order valence-corrected chi connectivity index (χ2v) is 5.60. The van der Waals surface area contributed by atoms with Gasteiger partial charge in [-0.25, -0.2) is 0 Å². The van der Waals surface area contributed by atoms with Crippen molar-refractivity contribution in [2.24, 2.45) is 0 Å². The smallest absolute Gasteiger partial charge is 0.122 e. The van der Waals surface area contributed by atoms with Crippen molar-refractivity contribution in [3.63, 3.8) is 0 Å². The van der Waals surface area contributed by atoms with Crippen molar-refractivity contribution in [3.05, 3.63) is 28.8 Å². The van der Waals surface area contributed by atoms with E-state index in [4.69, 9.17) is 4.74 Å². The number of nitrogens with one attached hydrogen (secondary N) is 1. The second-order valence-electron chi connectivity index (χ2n) is 5.60. The highest BCUT2D eigenvalue weighted by molar-refractivity contribution is 5.43. The van der Waals surface area contributed by atoms with Gasteiger partial charge in [0.05, 0.1) is 7.11 Å². The maximum absolute atomic E-state index is 5.56. The maximum Gasteiger partial charge on any atom is 0.122 e. The molecule has 1 aromatic rings. The summed E-state index contributed by atoms with van der Waals surface area (Å²) in [4.78, 5) is 2.56. The van der Waals surface area contributed by atoms with Crippen molar-refractivity contribution in [1.29, 1.82) is 0 Å². The van der Waals surface area contributed by atoms with E-state index in [1.807, 2.05) is 0 Å². The third-order valence-electron chi connectivity index (χ3n) is 4.07. The van der Waals surface area contributed by atoms with Gasteiger partial charge in [-0.1, -0.05) is 6.07 Å². The quantitative estimate of drug-likeness (QED) is 0.900. The Hall–Kier alpha value is -1.06. The van der Waals surface area contributed by atoms with E-state index in [9.17, 15) is 0 Å². The summed E-state index contributed by atoms with van der Waals surface area (Å²) in [6, 6.07) is 4.97. The third kappa shape index (κ3) is 3.48. The summed E-state index contributed by atoms with van der Waals surface area (Å²) < 4.78 is 5.56. The number of piperazine rings is 1. The van der Waals surface area contributed by atoms with Crippen LogP contribution >= 0.6 is 0 Å². The van der Waals surface area contributed by atoms with Gasteiger partial charge in [-0.2, -0.15) is 0 Å². The molecule has 1 unspecified atom stereocenters. The number of rotatable bonds is 4. The van der Waals surface area contributed by atoms with Crippen LogP contribution in [0.3, 0.4) is 0 Å². The van der Waals surface area contributed by atoms with E-state index in [0.29, 0.717) is 6.04 Å². The Bertz CT molecular complexity index is 425. The van der Waals surface area contributed by atoms with E-state index in [-0.39, 0.29) is 0 Å². The summed E-state index contributed by atoms with van der Waals surface area (Å²) in [6.07, 6.45) is 1.06. The lowest BCUT2D eigenvalue weighted by molar-refractivity contribution is 0.182. The van der Waals surface area contributed by atoms with Crippen molar-refractivity contribution in [2.45, 2.75) is 33.2 Å². The van der Waals surface area contributed by atoms with E-state index in [1.165, 1.54) is 16.7 Å². The fourth-order valence-corrected chi connectivity index (χ4v) is 2.95. The monoisotopic (exact) mass is 262 g/mol. The molecule has 3 heteroatoms. The predicted octanol–water partition coefficient (Wildman–Crippen LogP) is 2.15. The fourth-order valence-electron chi connectivity index (χ4n) is 2.95. The minimum Gasteiger partial charge on any atom is -0.496 e. The van der Waals surface area contributed by atoms with Crippen LogP contribution in [0.4, 0.5) is 0 Å². The van der Waals surface area contributed by atoms with Crippen LogP contribution in [-0.4, -0.2) is 44.2 Å². The van der Waals surface area contributed by atoms with Gasteiger partial charge in [-0.15, -0.1) is 0 Å². The van der Waals surface area contributed by atoms with Crippen molar-refractivity contribution in [2.75, 3.05) is 33.3 Å². The molecule has 1 saturated heterocycles. The number of ether oxygens (including phenoxy) is 1. The van der Waals surface area contributed by atoms with Gasteiger partial charge >= 0.3 is 0 Å². The molecule has 1 N–H and O–H groups in total. The largest absolute Gasteiger partial charge is 0.496 e. The first-order valence-electron chi connectivity index (χ1n) is 7.20. The van der Waals surface area contributed by atoms with Crippen LogP contribution in [0.5, 0.6) is 5.75 Å². The Morgan fingerprint density at radius 1 is 1.26 bits per heavy atom. The van der Waals surface area contributed by atoms with Crippen LogP contribution < -0.4 is 10.1 Å². The Morgan fingerprint density at radius 3 is 2.58 bits per heavy atom. The molecule has 1 aromatic carbocycles. The zero-order chi connectivity index (χ0) is 13.8. The topological polar surface area (TPSA) is 24.5 Å². The lowest BCUT2D eigenvalue weighted by Crippen LogP contribution is -2.48. The zero-order valence-corrected chi connectivity index (χ0v) is 12.6. The first kappa shape index (κ1) is 14.4. The number of aryl methyl sites for hydroxylation is 2. The van der Waals surface area contributed by atoms with Crippen molar-refractivity contribution >= 4 is 0 Å². The van der Waals surface area contributed by atoms with E-state index in [0.717, 1.165) is 38.3 Å². The maximum atomic E-state index is 5.56. The highest BCUT2D eigenvalue weighted by Crippen LogP contribution is 2.26. The summed E-state index contributed by atoms with van der Waals surface area (Å²) in [5.41, 5.74) is 3.98. The summed E-state index contributed by atoms with van der Waals surface area (Å²) in [5, 5.41) is 3.41. The molecule has 0 saturated carbocycles. The fraction of sp³-hybridized carbons (Fsp3) is 0.625. The van der Waals surface area contributed by atoms with Gasteiger partial charge < -0.3 is 10.1 Å². The molecule has 1 aliphatic heterocycles. The minimum absolute atomic E-state index is 0.567. The number of benzene rings is 1. The SMILES string of the molecule is COc1cc(C)cc(C)c1CC(C)N1CCNCC1. The average Bonchev–Trinajstić information content (AvgIpc) is 2.42. The van der Waals surface area contributed by atoms with Gasteiger partial charge in [-0.3, -0.25) is 4.90 Å². The molecule has 106 valence electrons.